The van der Waals surface area contributed by atoms with Gasteiger partial charge in [-0.05, 0) is 5.92 Å². The summed E-state index contributed by atoms with van der Waals surface area (Å²) in [4.78, 5) is 18.5. The van der Waals surface area contributed by atoms with Gasteiger partial charge < -0.3 is 4.98 Å². The van der Waals surface area contributed by atoms with Crippen LogP contribution in [0.3, 0.4) is 0 Å². The second kappa shape index (κ2) is 3.73. The molecule has 3 heteroatoms. The minimum absolute atomic E-state index is 0.00583. The predicted molar refractivity (Wildman–Crippen MR) is 53.0 cm³/mol. The number of nitrogens with zero attached hydrogens (tertiary/aromatic N) is 1. The fraction of sp³-hybridized carbons (Fsp3) is 0.600. The molecule has 72 valence electrons. The molecule has 0 fully saturated rings. The van der Waals surface area contributed by atoms with Gasteiger partial charge in [-0.25, -0.2) is 4.98 Å². The minimum Gasteiger partial charge on any atom is -0.310 e. The van der Waals surface area contributed by atoms with Crippen LogP contribution in [0, 0.1) is 0 Å². The zero-order valence-electron chi connectivity index (χ0n) is 8.59. The Labute approximate surface area is 78.2 Å². The molecule has 1 rings (SSSR count). The maximum atomic E-state index is 11.5. The first-order valence-electron chi connectivity index (χ1n) is 4.61. The van der Waals surface area contributed by atoms with Gasteiger partial charge in [0.05, 0.1) is 0 Å². The van der Waals surface area contributed by atoms with E-state index in [0.717, 1.165) is 11.4 Å². The van der Waals surface area contributed by atoms with Crippen molar-refractivity contribution < 1.29 is 0 Å². The average molecular weight is 180 g/mol. The molecule has 0 unspecified atom stereocenters. The molecule has 0 amide bonds. The first-order chi connectivity index (χ1) is 6.02. The zero-order valence-corrected chi connectivity index (χ0v) is 8.59. The van der Waals surface area contributed by atoms with Crippen LogP contribution in [-0.2, 0) is 0 Å². The van der Waals surface area contributed by atoms with Crippen LogP contribution >= 0.6 is 0 Å². The number of nitrogens with one attached hydrogen (secondary N) is 1. The van der Waals surface area contributed by atoms with Gasteiger partial charge in [0.1, 0.15) is 5.82 Å². The summed E-state index contributed by atoms with van der Waals surface area (Å²) in [7, 11) is 0. The van der Waals surface area contributed by atoms with Crippen LogP contribution in [0.5, 0.6) is 0 Å². The maximum absolute atomic E-state index is 11.5. The molecule has 0 spiro atoms. The molecule has 0 atom stereocenters. The summed E-state index contributed by atoms with van der Waals surface area (Å²) in [5.74, 6) is 1.26. The monoisotopic (exact) mass is 180 g/mol. The van der Waals surface area contributed by atoms with Crippen molar-refractivity contribution in [3.05, 3.63) is 27.9 Å². The summed E-state index contributed by atoms with van der Waals surface area (Å²) >= 11 is 0. The Balaban J connectivity index is 3.14. The first-order valence-corrected chi connectivity index (χ1v) is 4.61. The van der Waals surface area contributed by atoms with Gasteiger partial charge in [0, 0.05) is 17.7 Å². The van der Waals surface area contributed by atoms with Gasteiger partial charge in [-0.1, -0.05) is 27.7 Å². The van der Waals surface area contributed by atoms with E-state index in [-0.39, 0.29) is 17.4 Å². The molecule has 1 N–H and O–H groups in total. The second-order valence-corrected chi connectivity index (χ2v) is 3.86. The fourth-order valence-electron chi connectivity index (χ4n) is 1.12. The standard InChI is InChI=1S/C10H16N2O/c1-6(2)8-5-11-9(7(3)4)12-10(8)13/h5-7H,1-4H3,(H,11,12,13). The Morgan fingerprint density at radius 3 is 2.23 bits per heavy atom. The van der Waals surface area contributed by atoms with E-state index in [1.165, 1.54) is 0 Å². The highest BCUT2D eigenvalue weighted by Gasteiger charge is 2.07. The third kappa shape index (κ3) is 2.17. The summed E-state index contributed by atoms with van der Waals surface area (Å²) in [6.45, 7) is 7.99. The predicted octanol–water partition coefficient (Wildman–Crippen LogP) is 2.02. The van der Waals surface area contributed by atoms with Gasteiger partial charge in [0.15, 0.2) is 0 Å². The van der Waals surface area contributed by atoms with Gasteiger partial charge in [0.25, 0.3) is 5.56 Å². The van der Waals surface area contributed by atoms with Crippen LogP contribution in [0.25, 0.3) is 0 Å². The van der Waals surface area contributed by atoms with Crippen molar-refractivity contribution in [2.45, 2.75) is 39.5 Å². The van der Waals surface area contributed by atoms with Crippen molar-refractivity contribution in [3.63, 3.8) is 0 Å². The molecule has 1 aromatic rings. The summed E-state index contributed by atoms with van der Waals surface area (Å²) in [5, 5.41) is 0. The largest absolute Gasteiger partial charge is 0.310 e. The van der Waals surface area contributed by atoms with Gasteiger partial charge in [-0.2, -0.15) is 0 Å². The van der Waals surface area contributed by atoms with Crippen LogP contribution in [-0.4, -0.2) is 9.97 Å². The summed E-state index contributed by atoms with van der Waals surface area (Å²) < 4.78 is 0. The van der Waals surface area contributed by atoms with E-state index in [1.807, 2.05) is 27.7 Å². The number of hydrogen-bond donors (Lipinski definition) is 1. The third-order valence-electron chi connectivity index (χ3n) is 2.02. The summed E-state index contributed by atoms with van der Waals surface area (Å²) in [6.07, 6.45) is 1.68. The molecular formula is C10H16N2O. The highest BCUT2D eigenvalue weighted by Crippen LogP contribution is 2.10. The summed E-state index contributed by atoms with van der Waals surface area (Å²) in [6, 6.07) is 0. The van der Waals surface area contributed by atoms with Crippen LogP contribution in [0.2, 0.25) is 0 Å². The number of aromatic nitrogens is 2. The van der Waals surface area contributed by atoms with Crippen molar-refractivity contribution in [3.8, 4) is 0 Å². The second-order valence-electron chi connectivity index (χ2n) is 3.86. The van der Waals surface area contributed by atoms with Crippen molar-refractivity contribution in [1.82, 2.24) is 9.97 Å². The highest BCUT2D eigenvalue weighted by atomic mass is 16.1. The molecule has 0 saturated heterocycles. The SMILES string of the molecule is CC(C)c1ncc(C(C)C)c(=O)[nH]1. The molecule has 13 heavy (non-hydrogen) atoms. The van der Waals surface area contributed by atoms with E-state index in [1.54, 1.807) is 6.20 Å². The number of aromatic amines is 1. The van der Waals surface area contributed by atoms with Gasteiger partial charge in [-0.3, -0.25) is 4.79 Å². The lowest BCUT2D eigenvalue weighted by molar-refractivity contribution is 0.741. The normalized spacial score (nSPS) is 11.2. The Bertz CT molecular complexity index is 339. The lowest BCUT2D eigenvalue weighted by atomic mass is 10.1. The molecule has 0 aliphatic carbocycles. The van der Waals surface area contributed by atoms with Crippen LogP contribution < -0.4 is 5.56 Å². The number of H-pyrrole nitrogens is 1. The van der Waals surface area contributed by atoms with Crippen molar-refractivity contribution in [2.75, 3.05) is 0 Å². The zero-order chi connectivity index (χ0) is 10.0. The first kappa shape index (κ1) is 9.96. The Morgan fingerprint density at radius 2 is 1.85 bits per heavy atom. The van der Waals surface area contributed by atoms with Crippen molar-refractivity contribution >= 4 is 0 Å². The minimum atomic E-state index is -0.00583. The van der Waals surface area contributed by atoms with E-state index in [2.05, 4.69) is 9.97 Å². The topological polar surface area (TPSA) is 45.8 Å². The molecular weight excluding hydrogens is 164 g/mol. The van der Waals surface area contributed by atoms with Crippen LogP contribution in [0.4, 0.5) is 0 Å². The number of rotatable bonds is 2. The Hall–Kier alpha value is -1.12. The lowest BCUT2D eigenvalue weighted by Gasteiger charge is -2.06. The molecule has 1 heterocycles. The summed E-state index contributed by atoms with van der Waals surface area (Å²) in [5.41, 5.74) is 0.748. The van der Waals surface area contributed by atoms with E-state index < -0.39 is 0 Å². The average Bonchev–Trinajstić information content (AvgIpc) is 2.03. The van der Waals surface area contributed by atoms with E-state index >= 15 is 0 Å². The molecule has 3 nitrogen and oxygen atoms in total. The van der Waals surface area contributed by atoms with Crippen molar-refractivity contribution in [1.29, 1.82) is 0 Å². The van der Waals surface area contributed by atoms with E-state index in [4.69, 9.17) is 0 Å². The van der Waals surface area contributed by atoms with Crippen LogP contribution in [0.1, 0.15) is 50.9 Å². The Kier molecular flexibility index (Phi) is 2.86. The fourth-order valence-corrected chi connectivity index (χ4v) is 1.12. The molecule has 0 aromatic carbocycles. The smallest absolute Gasteiger partial charge is 0.254 e. The molecule has 0 radical (unpaired) electrons. The highest BCUT2D eigenvalue weighted by molar-refractivity contribution is 5.11. The molecule has 0 aliphatic rings. The molecule has 1 aromatic heterocycles. The van der Waals surface area contributed by atoms with Gasteiger partial charge in [-0.15, -0.1) is 0 Å². The third-order valence-corrected chi connectivity index (χ3v) is 2.02. The molecule has 0 bridgehead atoms. The van der Waals surface area contributed by atoms with Gasteiger partial charge in [0.2, 0.25) is 0 Å². The van der Waals surface area contributed by atoms with Crippen LogP contribution in [0.15, 0.2) is 11.0 Å². The Morgan fingerprint density at radius 1 is 1.23 bits per heavy atom. The van der Waals surface area contributed by atoms with Crippen molar-refractivity contribution in [2.24, 2.45) is 0 Å². The lowest BCUT2D eigenvalue weighted by Crippen LogP contribution is -2.17. The number of hydrogen-bond acceptors (Lipinski definition) is 2. The van der Waals surface area contributed by atoms with Gasteiger partial charge >= 0.3 is 0 Å². The molecule has 0 saturated carbocycles. The quantitative estimate of drug-likeness (QED) is 0.756. The maximum Gasteiger partial charge on any atom is 0.254 e. The van der Waals surface area contributed by atoms with E-state index in [9.17, 15) is 4.79 Å². The van der Waals surface area contributed by atoms with E-state index in [0.29, 0.717) is 0 Å². The molecule has 0 aliphatic heterocycles.